The summed E-state index contributed by atoms with van der Waals surface area (Å²) in [5, 5.41) is 7.84. The molecule has 0 unspecified atom stereocenters. The zero-order chi connectivity index (χ0) is 14.8. The van der Waals surface area contributed by atoms with Gasteiger partial charge >= 0.3 is 0 Å². The van der Waals surface area contributed by atoms with Crippen molar-refractivity contribution >= 4 is 38.0 Å². The number of anilines is 1. The van der Waals surface area contributed by atoms with Crippen molar-refractivity contribution < 1.29 is 0 Å². The van der Waals surface area contributed by atoms with Crippen molar-refractivity contribution in [1.29, 1.82) is 0 Å². The van der Waals surface area contributed by atoms with Crippen molar-refractivity contribution in [2.24, 2.45) is 0 Å². The summed E-state index contributed by atoms with van der Waals surface area (Å²) in [6, 6.07) is 17.5. The van der Waals surface area contributed by atoms with Crippen molar-refractivity contribution in [3.63, 3.8) is 0 Å². The van der Waals surface area contributed by atoms with E-state index >= 15 is 0 Å². The molecule has 0 spiro atoms. The molecular weight excluding hydrogens is 254 g/mol. The van der Waals surface area contributed by atoms with Crippen LogP contribution in [-0.4, -0.2) is 0 Å². The van der Waals surface area contributed by atoms with Gasteiger partial charge in [0.05, 0.1) is 0 Å². The van der Waals surface area contributed by atoms with E-state index < -0.39 is 0 Å². The average Bonchev–Trinajstić information content (AvgIpc) is 2.42. The molecule has 0 aromatic heterocycles. The van der Waals surface area contributed by atoms with Gasteiger partial charge in [-0.3, -0.25) is 0 Å². The summed E-state index contributed by atoms with van der Waals surface area (Å²) in [6.45, 7) is 6.69. The molecule has 4 aromatic rings. The van der Waals surface area contributed by atoms with Gasteiger partial charge in [-0.25, -0.2) is 0 Å². The van der Waals surface area contributed by atoms with Crippen molar-refractivity contribution in [2.75, 3.05) is 5.73 Å². The Balaban J connectivity index is 2.35. The second kappa shape index (κ2) is 3.88. The Kier molecular flexibility index (Phi) is 2.30. The van der Waals surface area contributed by atoms with Gasteiger partial charge in [0.25, 0.3) is 0 Å². The maximum Gasteiger partial charge on any atom is 0.0364 e. The lowest BCUT2D eigenvalue weighted by molar-refractivity contribution is 0.598. The van der Waals surface area contributed by atoms with Crippen LogP contribution in [0.25, 0.3) is 32.3 Å². The summed E-state index contributed by atoms with van der Waals surface area (Å²) < 4.78 is 0. The molecule has 0 amide bonds. The third kappa shape index (κ3) is 1.64. The van der Waals surface area contributed by atoms with Crippen LogP contribution in [0.2, 0.25) is 0 Å². The summed E-state index contributed by atoms with van der Waals surface area (Å²) in [4.78, 5) is 0. The van der Waals surface area contributed by atoms with Gasteiger partial charge in [-0.05, 0) is 49.4 Å². The quantitative estimate of drug-likeness (QED) is 0.334. The van der Waals surface area contributed by atoms with Crippen LogP contribution in [0.3, 0.4) is 0 Å². The van der Waals surface area contributed by atoms with Gasteiger partial charge < -0.3 is 5.73 Å². The molecule has 1 nitrogen and oxygen atoms in total. The fourth-order valence-electron chi connectivity index (χ4n) is 3.67. The fourth-order valence-corrected chi connectivity index (χ4v) is 3.67. The standard InChI is InChI=1S/C20H19N/c1-20(2,3)19-15-10-9-13-6-4-5-12-7-8-14(11-16(19)21)18(15)17(12)13/h4-11H,21H2,1-3H3. The Labute approximate surface area is 124 Å². The number of rotatable bonds is 0. The van der Waals surface area contributed by atoms with Crippen LogP contribution in [0, 0.1) is 0 Å². The highest BCUT2D eigenvalue weighted by Crippen LogP contribution is 2.42. The Morgan fingerprint density at radius 1 is 0.762 bits per heavy atom. The maximum absolute atomic E-state index is 6.38. The van der Waals surface area contributed by atoms with Crippen LogP contribution in [-0.2, 0) is 5.41 Å². The summed E-state index contributed by atoms with van der Waals surface area (Å²) >= 11 is 0. The monoisotopic (exact) mass is 273 g/mol. The molecule has 4 rings (SSSR count). The van der Waals surface area contributed by atoms with Crippen LogP contribution in [0.1, 0.15) is 26.3 Å². The fraction of sp³-hybridized carbons (Fsp3) is 0.200. The molecule has 0 bridgehead atoms. The Morgan fingerprint density at radius 3 is 2.05 bits per heavy atom. The molecule has 0 fully saturated rings. The highest BCUT2D eigenvalue weighted by atomic mass is 14.6. The van der Waals surface area contributed by atoms with Crippen LogP contribution >= 0.6 is 0 Å². The number of hydrogen-bond acceptors (Lipinski definition) is 1. The van der Waals surface area contributed by atoms with E-state index in [0.29, 0.717) is 0 Å². The highest BCUT2D eigenvalue weighted by Gasteiger charge is 2.22. The molecule has 21 heavy (non-hydrogen) atoms. The molecule has 0 aliphatic rings. The van der Waals surface area contributed by atoms with E-state index in [4.69, 9.17) is 5.73 Å². The minimum Gasteiger partial charge on any atom is -0.398 e. The van der Waals surface area contributed by atoms with E-state index in [0.717, 1.165) is 5.69 Å². The molecule has 0 saturated carbocycles. The Hall–Kier alpha value is -2.28. The topological polar surface area (TPSA) is 26.0 Å². The number of nitrogen functional groups attached to an aromatic ring is 1. The second-order valence-corrected chi connectivity index (χ2v) is 6.95. The van der Waals surface area contributed by atoms with E-state index in [1.54, 1.807) is 0 Å². The summed E-state index contributed by atoms with van der Waals surface area (Å²) in [7, 11) is 0. The maximum atomic E-state index is 6.38. The minimum absolute atomic E-state index is 0.0341. The number of benzene rings is 4. The number of nitrogens with two attached hydrogens (primary N) is 1. The van der Waals surface area contributed by atoms with Crippen LogP contribution in [0.5, 0.6) is 0 Å². The van der Waals surface area contributed by atoms with E-state index in [1.165, 1.54) is 37.9 Å². The molecule has 0 aliphatic heterocycles. The lowest BCUT2D eigenvalue weighted by Crippen LogP contribution is -2.14. The van der Waals surface area contributed by atoms with Crippen molar-refractivity contribution in [1.82, 2.24) is 0 Å². The molecule has 0 aliphatic carbocycles. The van der Waals surface area contributed by atoms with E-state index in [1.807, 2.05) is 0 Å². The number of hydrogen-bond donors (Lipinski definition) is 1. The van der Waals surface area contributed by atoms with Crippen LogP contribution in [0.15, 0.2) is 48.5 Å². The SMILES string of the molecule is CC(C)(C)c1c(N)cc2ccc3cccc4ccc1c2c34. The largest absolute Gasteiger partial charge is 0.398 e. The Bertz CT molecular complexity index is 958. The second-order valence-electron chi connectivity index (χ2n) is 6.95. The van der Waals surface area contributed by atoms with E-state index in [9.17, 15) is 0 Å². The van der Waals surface area contributed by atoms with Crippen molar-refractivity contribution in [3.05, 3.63) is 54.1 Å². The molecular formula is C20H19N. The molecule has 0 radical (unpaired) electrons. The molecule has 0 saturated heterocycles. The van der Waals surface area contributed by atoms with Crippen molar-refractivity contribution in [3.8, 4) is 0 Å². The van der Waals surface area contributed by atoms with E-state index in [-0.39, 0.29) is 5.41 Å². The normalized spacial score (nSPS) is 12.7. The zero-order valence-electron chi connectivity index (χ0n) is 12.7. The smallest absolute Gasteiger partial charge is 0.0364 e. The first-order valence-electron chi connectivity index (χ1n) is 7.43. The molecule has 104 valence electrons. The van der Waals surface area contributed by atoms with Crippen molar-refractivity contribution in [2.45, 2.75) is 26.2 Å². The van der Waals surface area contributed by atoms with Gasteiger partial charge in [-0.1, -0.05) is 63.2 Å². The molecule has 0 atom stereocenters. The third-order valence-corrected chi connectivity index (χ3v) is 4.43. The van der Waals surface area contributed by atoms with Gasteiger partial charge in [-0.2, -0.15) is 0 Å². The summed E-state index contributed by atoms with van der Waals surface area (Å²) in [6.07, 6.45) is 0. The van der Waals surface area contributed by atoms with Gasteiger partial charge in [0.15, 0.2) is 0 Å². The Morgan fingerprint density at radius 2 is 1.38 bits per heavy atom. The lowest BCUT2D eigenvalue weighted by atomic mass is 9.80. The summed E-state index contributed by atoms with van der Waals surface area (Å²) in [5.74, 6) is 0. The van der Waals surface area contributed by atoms with Gasteiger partial charge in [0.1, 0.15) is 0 Å². The zero-order valence-corrected chi connectivity index (χ0v) is 12.7. The van der Waals surface area contributed by atoms with Gasteiger partial charge in [0, 0.05) is 5.69 Å². The minimum atomic E-state index is 0.0341. The lowest BCUT2D eigenvalue weighted by Gasteiger charge is -2.25. The molecule has 2 N–H and O–H groups in total. The molecule has 0 heterocycles. The van der Waals surface area contributed by atoms with Gasteiger partial charge in [0.2, 0.25) is 0 Å². The van der Waals surface area contributed by atoms with Crippen LogP contribution in [0.4, 0.5) is 5.69 Å². The molecule has 4 aromatic carbocycles. The highest BCUT2D eigenvalue weighted by molar-refractivity contribution is 6.24. The van der Waals surface area contributed by atoms with E-state index in [2.05, 4.69) is 69.3 Å². The third-order valence-electron chi connectivity index (χ3n) is 4.43. The first-order chi connectivity index (χ1) is 9.97. The predicted molar refractivity (Wildman–Crippen MR) is 93.3 cm³/mol. The average molecular weight is 273 g/mol. The predicted octanol–water partition coefficient (Wildman–Crippen LogP) is 5.46. The first-order valence-corrected chi connectivity index (χ1v) is 7.43. The summed E-state index contributed by atoms with van der Waals surface area (Å²) in [5.41, 5.74) is 8.57. The molecule has 1 heteroatoms. The van der Waals surface area contributed by atoms with Gasteiger partial charge in [-0.15, -0.1) is 0 Å². The van der Waals surface area contributed by atoms with Crippen LogP contribution < -0.4 is 5.73 Å². The first kappa shape index (κ1) is 12.5.